The first-order chi connectivity index (χ1) is 13.1. The number of hydrogen-bond acceptors (Lipinski definition) is 5. The second-order valence-electron chi connectivity index (χ2n) is 5.91. The number of thioether (sulfide) groups is 1. The second-order valence-corrected chi connectivity index (χ2v) is 7.10. The number of para-hydroxylation sites is 1. The van der Waals surface area contributed by atoms with E-state index in [1.54, 1.807) is 48.5 Å². The van der Waals surface area contributed by atoms with E-state index in [0.29, 0.717) is 18.0 Å². The molecule has 2 aromatic carbocycles. The summed E-state index contributed by atoms with van der Waals surface area (Å²) in [6.45, 7) is 2.48. The fraction of sp³-hybridized carbons (Fsp3) is 0.250. The summed E-state index contributed by atoms with van der Waals surface area (Å²) in [7, 11) is 0. The first kappa shape index (κ1) is 19.0. The van der Waals surface area contributed by atoms with Gasteiger partial charge < -0.3 is 10.1 Å². The minimum absolute atomic E-state index is 0.0968. The molecule has 6 nitrogen and oxygen atoms in total. The predicted molar refractivity (Wildman–Crippen MR) is 106 cm³/mol. The van der Waals surface area contributed by atoms with Gasteiger partial charge in [-0.05, 0) is 43.3 Å². The van der Waals surface area contributed by atoms with Crippen LogP contribution in [0.1, 0.15) is 13.3 Å². The van der Waals surface area contributed by atoms with Gasteiger partial charge in [0.05, 0.1) is 23.3 Å². The van der Waals surface area contributed by atoms with E-state index in [2.05, 4.69) is 5.32 Å². The van der Waals surface area contributed by atoms with E-state index in [1.807, 2.05) is 13.0 Å². The Kier molecular flexibility index (Phi) is 6.13. The van der Waals surface area contributed by atoms with E-state index < -0.39 is 5.25 Å². The maximum absolute atomic E-state index is 12.5. The number of nitrogens with one attached hydrogen (secondary N) is 1. The molecule has 1 saturated heterocycles. The van der Waals surface area contributed by atoms with Crippen LogP contribution in [0.15, 0.2) is 54.6 Å². The van der Waals surface area contributed by atoms with Crippen LogP contribution in [0.2, 0.25) is 0 Å². The molecule has 0 spiro atoms. The molecule has 0 bridgehead atoms. The van der Waals surface area contributed by atoms with Gasteiger partial charge in [0.25, 0.3) is 0 Å². The summed E-state index contributed by atoms with van der Waals surface area (Å²) >= 11 is 1.18. The van der Waals surface area contributed by atoms with Crippen molar-refractivity contribution in [2.75, 3.05) is 22.6 Å². The van der Waals surface area contributed by atoms with Gasteiger partial charge in [0.1, 0.15) is 5.75 Å². The first-order valence-corrected chi connectivity index (χ1v) is 9.69. The number of anilines is 2. The van der Waals surface area contributed by atoms with Gasteiger partial charge in [0, 0.05) is 12.1 Å². The second kappa shape index (κ2) is 8.73. The van der Waals surface area contributed by atoms with E-state index in [9.17, 15) is 14.4 Å². The van der Waals surface area contributed by atoms with Gasteiger partial charge in [-0.1, -0.05) is 18.2 Å². The average Bonchev–Trinajstić information content (AvgIpc) is 2.96. The summed E-state index contributed by atoms with van der Waals surface area (Å²) in [6.07, 6.45) is 0.106. The number of hydrogen-bond donors (Lipinski definition) is 1. The van der Waals surface area contributed by atoms with Crippen molar-refractivity contribution in [3.63, 3.8) is 0 Å². The molecule has 1 aliphatic rings. The number of carbonyl (C=O) groups is 3. The van der Waals surface area contributed by atoms with Gasteiger partial charge in [-0.3, -0.25) is 14.4 Å². The van der Waals surface area contributed by atoms with E-state index >= 15 is 0 Å². The maximum atomic E-state index is 12.5. The number of carbonyl (C=O) groups excluding carboxylic acids is 3. The molecule has 0 unspecified atom stereocenters. The topological polar surface area (TPSA) is 75.7 Å². The minimum atomic E-state index is -0.538. The summed E-state index contributed by atoms with van der Waals surface area (Å²) in [5.41, 5.74) is 1.22. The molecule has 0 aliphatic carbocycles. The van der Waals surface area contributed by atoms with E-state index in [-0.39, 0.29) is 29.9 Å². The summed E-state index contributed by atoms with van der Waals surface area (Å²) in [6, 6.07) is 15.9. The zero-order chi connectivity index (χ0) is 19.2. The lowest BCUT2D eigenvalue weighted by molar-refractivity contribution is -0.121. The summed E-state index contributed by atoms with van der Waals surface area (Å²) < 4.78 is 5.36. The number of benzene rings is 2. The molecule has 27 heavy (non-hydrogen) atoms. The standard InChI is InChI=1S/C20H20N2O4S/c1-2-26-16-10-8-14(9-11-16)21-18(23)13-27-17-12-19(24)22(20(17)25)15-6-4-3-5-7-15/h3-11,17H,2,12-13H2,1H3,(H,21,23)/t17-/m0/s1. The Balaban J connectivity index is 1.53. The third-order valence-electron chi connectivity index (χ3n) is 3.98. The lowest BCUT2D eigenvalue weighted by Gasteiger charge is -2.14. The third-order valence-corrected chi connectivity index (χ3v) is 5.18. The quantitative estimate of drug-likeness (QED) is 0.743. The molecular formula is C20H20N2O4S. The lowest BCUT2D eigenvalue weighted by Crippen LogP contribution is -2.31. The van der Waals surface area contributed by atoms with Crippen molar-refractivity contribution >= 4 is 40.9 Å². The number of nitrogens with zero attached hydrogens (tertiary/aromatic N) is 1. The van der Waals surface area contributed by atoms with Crippen LogP contribution < -0.4 is 15.0 Å². The van der Waals surface area contributed by atoms with Crippen molar-refractivity contribution in [3.05, 3.63) is 54.6 Å². The smallest absolute Gasteiger partial charge is 0.247 e. The van der Waals surface area contributed by atoms with Gasteiger partial charge in [-0.25, -0.2) is 4.90 Å². The van der Waals surface area contributed by atoms with Crippen LogP contribution in [-0.4, -0.2) is 35.3 Å². The number of ether oxygens (including phenoxy) is 1. The van der Waals surface area contributed by atoms with Gasteiger partial charge >= 0.3 is 0 Å². The van der Waals surface area contributed by atoms with Gasteiger partial charge in [0.2, 0.25) is 17.7 Å². The third kappa shape index (κ3) is 4.68. The predicted octanol–water partition coefficient (Wildman–Crippen LogP) is 3.09. The first-order valence-electron chi connectivity index (χ1n) is 8.64. The molecule has 1 atom stereocenters. The highest BCUT2D eigenvalue weighted by atomic mass is 32.2. The molecule has 0 saturated carbocycles. The Morgan fingerprint density at radius 2 is 1.85 bits per heavy atom. The maximum Gasteiger partial charge on any atom is 0.247 e. The fourth-order valence-electron chi connectivity index (χ4n) is 2.76. The molecule has 140 valence electrons. The summed E-state index contributed by atoms with van der Waals surface area (Å²) in [5.74, 6) is 0.101. The number of rotatable bonds is 7. The highest BCUT2D eigenvalue weighted by Gasteiger charge is 2.39. The number of amides is 3. The van der Waals surface area contributed by atoms with E-state index in [1.165, 1.54) is 16.7 Å². The molecule has 1 N–H and O–H groups in total. The van der Waals surface area contributed by atoms with Crippen molar-refractivity contribution in [2.24, 2.45) is 0 Å². The minimum Gasteiger partial charge on any atom is -0.494 e. The van der Waals surface area contributed by atoms with Gasteiger partial charge in [-0.2, -0.15) is 0 Å². The zero-order valence-electron chi connectivity index (χ0n) is 14.9. The Morgan fingerprint density at radius 3 is 2.52 bits per heavy atom. The van der Waals surface area contributed by atoms with Crippen molar-refractivity contribution in [1.29, 1.82) is 0 Å². The van der Waals surface area contributed by atoms with Gasteiger partial charge in [-0.15, -0.1) is 11.8 Å². The SMILES string of the molecule is CCOc1ccc(NC(=O)CS[C@H]2CC(=O)N(c3ccccc3)C2=O)cc1. The van der Waals surface area contributed by atoms with Crippen molar-refractivity contribution < 1.29 is 19.1 Å². The Hall–Kier alpha value is -2.80. The monoisotopic (exact) mass is 384 g/mol. The molecule has 2 aromatic rings. The Labute approximate surface area is 161 Å². The van der Waals surface area contributed by atoms with Crippen LogP contribution in [-0.2, 0) is 14.4 Å². The van der Waals surface area contributed by atoms with Gasteiger partial charge in [0.15, 0.2) is 0 Å². The molecular weight excluding hydrogens is 364 g/mol. The molecule has 3 amide bonds. The molecule has 3 rings (SSSR count). The van der Waals surface area contributed by atoms with Crippen LogP contribution >= 0.6 is 11.8 Å². The molecule has 1 aliphatic heterocycles. The number of imide groups is 1. The summed E-state index contributed by atoms with van der Waals surface area (Å²) in [4.78, 5) is 38.1. The van der Waals surface area contributed by atoms with Crippen LogP contribution in [0.25, 0.3) is 0 Å². The van der Waals surface area contributed by atoms with Crippen LogP contribution in [0.5, 0.6) is 5.75 Å². The highest BCUT2D eigenvalue weighted by Crippen LogP contribution is 2.29. The normalized spacial score (nSPS) is 16.5. The molecule has 0 radical (unpaired) electrons. The Bertz CT molecular complexity index is 824. The molecule has 1 heterocycles. The summed E-state index contributed by atoms with van der Waals surface area (Å²) in [5, 5.41) is 2.24. The van der Waals surface area contributed by atoms with Crippen molar-refractivity contribution in [1.82, 2.24) is 0 Å². The van der Waals surface area contributed by atoms with Crippen molar-refractivity contribution in [3.8, 4) is 5.75 Å². The average molecular weight is 384 g/mol. The van der Waals surface area contributed by atoms with Crippen molar-refractivity contribution in [2.45, 2.75) is 18.6 Å². The van der Waals surface area contributed by atoms with Crippen LogP contribution in [0.4, 0.5) is 11.4 Å². The lowest BCUT2D eigenvalue weighted by atomic mass is 10.3. The molecule has 0 aromatic heterocycles. The van der Waals surface area contributed by atoms with E-state index in [0.717, 1.165) is 5.75 Å². The largest absolute Gasteiger partial charge is 0.494 e. The molecule has 7 heteroatoms. The molecule has 1 fully saturated rings. The van der Waals surface area contributed by atoms with Crippen LogP contribution in [0, 0.1) is 0 Å². The van der Waals surface area contributed by atoms with E-state index in [4.69, 9.17) is 4.74 Å². The zero-order valence-corrected chi connectivity index (χ0v) is 15.7. The van der Waals surface area contributed by atoms with Crippen LogP contribution in [0.3, 0.4) is 0 Å². The highest BCUT2D eigenvalue weighted by molar-refractivity contribution is 8.01. The fourth-order valence-corrected chi connectivity index (χ4v) is 3.69. The Morgan fingerprint density at radius 1 is 1.15 bits per heavy atom.